The molecule has 0 spiro atoms. The summed E-state index contributed by atoms with van der Waals surface area (Å²) in [5, 5.41) is 0. The van der Waals surface area contributed by atoms with Crippen molar-refractivity contribution in [1.29, 1.82) is 0 Å². The minimum absolute atomic E-state index is 0.0649. The van der Waals surface area contributed by atoms with Crippen LogP contribution in [0.1, 0.15) is 425 Å². The number of hydrogen-bond donors (Lipinski definition) is 0. The average Bonchev–Trinajstić information content (AvgIpc) is 3.46. The number of esters is 3. The standard InChI is InChI=1S/C74H142O6/c1-4-7-10-13-16-19-22-25-28-30-32-33-34-35-36-37-38-39-40-41-42-43-45-46-49-52-55-58-61-64-67-73(76)79-70-71(69-78-72(75)66-63-60-57-54-51-48-27-24-21-18-15-12-9-6-3)80-74(77)68-65-62-59-56-53-50-47-44-31-29-26-23-20-17-14-11-8-5-2/h29,31,71H,4-28,30,32-70H2,1-3H3/b31-29-. The van der Waals surface area contributed by atoms with E-state index in [9.17, 15) is 14.4 Å². The molecule has 80 heavy (non-hydrogen) atoms. The second-order valence-electron chi connectivity index (χ2n) is 25.2. The fourth-order valence-electron chi connectivity index (χ4n) is 11.5. The van der Waals surface area contributed by atoms with E-state index in [0.29, 0.717) is 19.3 Å². The Hall–Kier alpha value is -1.85. The molecule has 0 saturated carbocycles. The van der Waals surface area contributed by atoms with Crippen LogP contribution in [0.25, 0.3) is 0 Å². The predicted octanol–water partition coefficient (Wildman–Crippen LogP) is 25.2. The van der Waals surface area contributed by atoms with Crippen molar-refractivity contribution in [3.05, 3.63) is 12.2 Å². The normalized spacial score (nSPS) is 12.0. The highest BCUT2D eigenvalue weighted by atomic mass is 16.6. The number of allylic oxidation sites excluding steroid dienone is 2. The first kappa shape index (κ1) is 78.1. The Kier molecular flexibility index (Phi) is 68.0. The molecule has 0 rings (SSSR count). The van der Waals surface area contributed by atoms with Crippen LogP contribution in [0.2, 0.25) is 0 Å². The van der Waals surface area contributed by atoms with Crippen molar-refractivity contribution in [3.63, 3.8) is 0 Å². The number of carbonyl (C=O) groups is 3. The lowest BCUT2D eigenvalue weighted by molar-refractivity contribution is -0.167. The van der Waals surface area contributed by atoms with Crippen molar-refractivity contribution in [2.75, 3.05) is 13.2 Å². The monoisotopic (exact) mass is 1130 g/mol. The highest BCUT2D eigenvalue weighted by Gasteiger charge is 2.20. The van der Waals surface area contributed by atoms with Crippen LogP contribution in [0.3, 0.4) is 0 Å². The third kappa shape index (κ3) is 66.9. The maximum absolute atomic E-state index is 12.9. The molecule has 474 valence electrons. The fraction of sp³-hybridized carbons (Fsp3) is 0.932. The third-order valence-electron chi connectivity index (χ3n) is 17.0. The summed E-state index contributed by atoms with van der Waals surface area (Å²) in [5.41, 5.74) is 0. The molecule has 0 saturated heterocycles. The number of hydrogen-bond acceptors (Lipinski definition) is 6. The summed E-state index contributed by atoms with van der Waals surface area (Å²) in [7, 11) is 0. The quantitative estimate of drug-likeness (QED) is 0.0261. The van der Waals surface area contributed by atoms with Crippen LogP contribution in [-0.2, 0) is 28.6 Å². The Morgan fingerprint density at radius 2 is 0.412 bits per heavy atom. The van der Waals surface area contributed by atoms with Gasteiger partial charge >= 0.3 is 17.9 Å². The van der Waals surface area contributed by atoms with E-state index in [1.807, 2.05) is 0 Å². The second kappa shape index (κ2) is 69.6. The van der Waals surface area contributed by atoms with Gasteiger partial charge < -0.3 is 14.2 Å². The van der Waals surface area contributed by atoms with Crippen LogP contribution in [0.5, 0.6) is 0 Å². The van der Waals surface area contributed by atoms with Gasteiger partial charge in [-0.3, -0.25) is 14.4 Å². The van der Waals surface area contributed by atoms with Crippen molar-refractivity contribution in [3.8, 4) is 0 Å². The molecule has 0 N–H and O–H groups in total. The first-order chi connectivity index (χ1) is 39.5. The molecule has 0 aliphatic heterocycles. The zero-order chi connectivity index (χ0) is 57.8. The Morgan fingerprint density at radius 3 is 0.625 bits per heavy atom. The Morgan fingerprint density at radius 1 is 0.237 bits per heavy atom. The second-order valence-corrected chi connectivity index (χ2v) is 25.2. The van der Waals surface area contributed by atoms with Gasteiger partial charge in [-0.05, 0) is 44.9 Å². The lowest BCUT2D eigenvalue weighted by Crippen LogP contribution is -2.30. The minimum atomic E-state index is -0.769. The van der Waals surface area contributed by atoms with Crippen molar-refractivity contribution in [2.45, 2.75) is 431 Å². The van der Waals surface area contributed by atoms with E-state index in [4.69, 9.17) is 14.2 Å². The summed E-state index contributed by atoms with van der Waals surface area (Å²) in [6, 6.07) is 0. The van der Waals surface area contributed by atoms with Gasteiger partial charge in [-0.2, -0.15) is 0 Å². The molecule has 0 bridgehead atoms. The average molecular weight is 1130 g/mol. The molecule has 6 heteroatoms. The lowest BCUT2D eigenvalue weighted by Gasteiger charge is -2.18. The van der Waals surface area contributed by atoms with E-state index in [1.54, 1.807) is 0 Å². The summed E-state index contributed by atoms with van der Waals surface area (Å²) in [5.74, 6) is -0.833. The zero-order valence-corrected chi connectivity index (χ0v) is 54.6. The van der Waals surface area contributed by atoms with Gasteiger partial charge in [0, 0.05) is 19.3 Å². The van der Waals surface area contributed by atoms with Gasteiger partial charge in [-0.15, -0.1) is 0 Å². The minimum Gasteiger partial charge on any atom is -0.462 e. The molecule has 0 aromatic rings. The van der Waals surface area contributed by atoms with Crippen molar-refractivity contribution < 1.29 is 28.6 Å². The predicted molar refractivity (Wildman–Crippen MR) is 349 cm³/mol. The molecular formula is C74H142O6. The van der Waals surface area contributed by atoms with Gasteiger partial charge in [-0.25, -0.2) is 0 Å². The van der Waals surface area contributed by atoms with Gasteiger partial charge in [0.1, 0.15) is 13.2 Å². The number of carbonyl (C=O) groups excluding carboxylic acids is 3. The maximum atomic E-state index is 12.9. The molecule has 6 nitrogen and oxygen atoms in total. The Balaban J connectivity index is 4.14. The molecular weight excluding hydrogens is 985 g/mol. The van der Waals surface area contributed by atoms with Gasteiger partial charge in [0.2, 0.25) is 0 Å². The molecule has 0 fully saturated rings. The summed E-state index contributed by atoms with van der Waals surface area (Å²) < 4.78 is 17.0. The first-order valence-corrected chi connectivity index (χ1v) is 36.7. The largest absolute Gasteiger partial charge is 0.462 e. The molecule has 0 aliphatic carbocycles. The van der Waals surface area contributed by atoms with Crippen molar-refractivity contribution >= 4 is 17.9 Å². The lowest BCUT2D eigenvalue weighted by atomic mass is 10.0. The SMILES string of the molecule is CCCCCCCCC/C=C\CCCCCCCCCC(=O)OC(COC(=O)CCCCCCCCCCCCCCCC)COC(=O)CCCCCCCCCCCCCCCCCCCCCCCCCCCCCCCC. The molecule has 0 aliphatic rings. The topological polar surface area (TPSA) is 78.9 Å². The molecule has 1 atom stereocenters. The highest BCUT2D eigenvalue weighted by Crippen LogP contribution is 2.19. The molecule has 0 radical (unpaired) electrons. The molecule has 0 amide bonds. The van der Waals surface area contributed by atoms with E-state index >= 15 is 0 Å². The zero-order valence-electron chi connectivity index (χ0n) is 54.6. The van der Waals surface area contributed by atoms with Crippen LogP contribution in [-0.4, -0.2) is 37.2 Å². The van der Waals surface area contributed by atoms with E-state index in [2.05, 4.69) is 32.9 Å². The first-order valence-electron chi connectivity index (χ1n) is 36.7. The number of ether oxygens (including phenoxy) is 3. The molecule has 0 heterocycles. The Bertz CT molecular complexity index is 1250. The van der Waals surface area contributed by atoms with E-state index in [1.165, 1.54) is 327 Å². The number of rotatable bonds is 69. The van der Waals surface area contributed by atoms with E-state index in [-0.39, 0.29) is 31.1 Å². The van der Waals surface area contributed by atoms with Crippen molar-refractivity contribution in [2.24, 2.45) is 0 Å². The van der Waals surface area contributed by atoms with Gasteiger partial charge in [0.15, 0.2) is 6.10 Å². The van der Waals surface area contributed by atoms with E-state index in [0.717, 1.165) is 57.8 Å². The van der Waals surface area contributed by atoms with E-state index < -0.39 is 6.10 Å². The van der Waals surface area contributed by atoms with Gasteiger partial charge in [0.05, 0.1) is 0 Å². The van der Waals surface area contributed by atoms with Gasteiger partial charge in [0.25, 0.3) is 0 Å². The summed E-state index contributed by atoms with van der Waals surface area (Å²) in [6.45, 7) is 6.73. The summed E-state index contributed by atoms with van der Waals surface area (Å²) in [6.07, 6.45) is 84.0. The maximum Gasteiger partial charge on any atom is 0.306 e. The van der Waals surface area contributed by atoms with Crippen LogP contribution < -0.4 is 0 Å². The summed E-state index contributed by atoms with van der Waals surface area (Å²) in [4.78, 5) is 38.4. The molecule has 0 aromatic carbocycles. The molecule has 0 aromatic heterocycles. The smallest absolute Gasteiger partial charge is 0.306 e. The van der Waals surface area contributed by atoms with Crippen LogP contribution in [0.4, 0.5) is 0 Å². The fourth-order valence-corrected chi connectivity index (χ4v) is 11.5. The van der Waals surface area contributed by atoms with Crippen molar-refractivity contribution in [1.82, 2.24) is 0 Å². The Labute approximate surface area is 501 Å². The van der Waals surface area contributed by atoms with Crippen LogP contribution >= 0.6 is 0 Å². The number of unbranched alkanes of at least 4 members (excludes halogenated alkanes) is 56. The van der Waals surface area contributed by atoms with Crippen LogP contribution in [0, 0.1) is 0 Å². The summed E-state index contributed by atoms with van der Waals surface area (Å²) >= 11 is 0. The van der Waals surface area contributed by atoms with Gasteiger partial charge in [-0.1, -0.05) is 373 Å². The van der Waals surface area contributed by atoms with Crippen LogP contribution in [0.15, 0.2) is 12.2 Å². The third-order valence-corrected chi connectivity index (χ3v) is 17.0. The molecule has 1 unspecified atom stereocenters. The highest BCUT2D eigenvalue weighted by molar-refractivity contribution is 5.71.